The number of carbonyl (C=O) groups is 1. The highest BCUT2D eigenvalue weighted by Crippen LogP contribution is 2.28. The molecule has 7 heteroatoms. The number of aliphatic hydroxyl groups is 1. The summed E-state index contributed by atoms with van der Waals surface area (Å²) in [4.78, 5) is 16.3. The Bertz CT molecular complexity index is 1330. The SMILES string of the molecule is CCCOc1ccc(-c2ccc(NC(C)C)cc2)cc1C(=O)NC(O)Cc1c[nH]c2ccc(F)cc12. The summed E-state index contributed by atoms with van der Waals surface area (Å²) in [6.07, 6.45) is 1.48. The lowest BCUT2D eigenvalue weighted by atomic mass is 10.0. The second-order valence-electron chi connectivity index (χ2n) is 9.13. The van der Waals surface area contributed by atoms with Crippen LogP contribution in [-0.4, -0.2) is 34.9 Å². The van der Waals surface area contributed by atoms with E-state index in [0.29, 0.717) is 34.9 Å². The molecule has 0 aliphatic carbocycles. The molecule has 4 rings (SSSR count). The van der Waals surface area contributed by atoms with Gasteiger partial charge in [0, 0.05) is 35.2 Å². The highest BCUT2D eigenvalue weighted by molar-refractivity contribution is 5.98. The fourth-order valence-corrected chi connectivity index (χ4v) is 4.13. The number of rotatable bonds is 10. The van der Waals surface area contributed by atoms with Crippen molar-refractivity contribution in [2.24, 2.45) is 0 Å². The highest BCUT2D eigenvalue weighted by Gasteiger charge is 2.19. The molecule has 1 unspecified atom stereocenters. The minimum atomic E-state index is -1.16. The number of hydrogen-bond acceptors (Lipinski definition) is 4. The number of aromatic amines is 1. The minimum Gasteiger partial charge on any atom is -0.493 e. The van der Waals surface area contributed by atoms with Gasteiger partial charge in [-0.1, -0.05) is 25.1 Å². The van der Waals surface area contributed by atoms with E-state index in [4.69, 9.17) is 4.74 Å². The molecular formula is C29H32FN3O3. The predicted molar refractivity (Wildman–Crippen MR) is 142 cm³/mol. The number of fused-ring (bicyclic) bond motifs is 1. The first kappa shape index (κ1) is 25.3. The molecule has 188 valence electrons. The van der Waals surface area contributed by atoms with Crippen LogP contribution in [-0.2, 0) is 6.42 Å². The van der Waals surface area contributed by atoms with Gasteiger partial charge in [0.2, 0.25) is 0 Å². The Morgan fingerprint density at radius 2 is 1.81 bits per heavy atom. The van der Waals surface area contributed by atoms with E-state index >= 15 is 0 Å². The van der Waals surface area contributed by atoms with Gasteiger partial charge in [-0.05, 0) is 79.4 Å². The molecule has 0 aliphatic rings. The molecule has 1 aromatic heterocycles. The van der Waals surface area contributed by atoms with Crippen molar-refractivity contribution in [3.63, 3.8) is 0 Å². The Morgan fingerprint density at radius 3 is 2.53 bits per heavy atom. The van der Waals surface area contributed by atoms with E-state index in [1.165, 1.54) is 12.1 Å². The fourth-order valence-electron chi connectivity index (χ4n) is 4.13. The number of aliphatic hydroxyl groups excluding tert-OH is 1. The van der Waals surface area contributed by atoms with Crippen molar-refractivity contribution in [1.29, 1.82) is 0 Å². The van der Waals surface area contributed by atoms with E-state index < -0.39 is 12.1 Å². The van der Waals surface area contributed by atoms with Gasteiger partial charge in [0.05, 0.1) is 12.2 Å². The van der Waals surface area contributed by atoms with Crippen LogP contribution >= 0.6 is 0 Å². The van der Waals surface area contributed by atoms with E-state index in [1.54, 1.807) is 24.4 Å². The van der Waals surface area contributed by atoms with Crippen molar-refractivity contribution in [2.75, 3.05) is 11.9 Å². The van der Waals surface area contributed by atoms with Gasteiger partial charge < -0.3 is 25.5 Å². The summed E-state index contributed by atoms with van der Waals surface area (Å²) in [5, 5.41) is 17.3. The van der Waals surface area contributed by atoms with Crippen LogP contribution < -0.4 is 15.4 Å². The van der Waals surface area contributed by atoms with Crippen LogP contribution in [0.1, 0.15) is 43.1 Å². The molecule has 1 atom stereocenters. The van der Waals surface area contributed by atoms with Crippen LogP contribution in [0.15, 0.2) is 66.9 Å². The third-order valence-corrected chi connectivity index (χ3v) is 5.80. The summed E-state index contributed by atoms with van der Waals surface area (Å²) in [7, 11) is 0. The number of benzene rings is 3. The van der Waals surface area contributed by atoms with Gasteiger partial charge in [-0.3, -0.25) is 4.79 Å². The van der Waals surface area contributed by atoms with Crippen molar-refractivity contribution in [3.8, 4) is 16.9 Å². The number of ether oxygens (including phenoxy) is 1. The Hall–Kier alpha value is -3.84. The number of carbonyl (C=O) groups excluding carboxylic acids is 1. The average molecular weight is 490 g/mol. The van der Waals surface area contributed by atoms with Gasteiger partial charge in [-0.25, -0.2) is 4.39 Å². The summed E-state index contributed by atoms with van der Waals surface area (Å²) in [6, 6.07) is 18.3. The largest absolute Gasteiger partial charge is 0.493 e. The molecule has 3 aromatic carbocycles. The second-order valence-corrected chi connectivity index (χ2v) is 9.13. The number of aromatic nitrogens is 1. The van der Waals surface area contributed by atoms with Crippen molar-refractivity contribution in [3.05, 3.63) is 83.8 Å². The number of anilines is 1. The Labute approximate surface area is 210 Å². The summed E-state index contributed by atoms with van der Waals surface area (Å²) in [6.45, 7) is 6.63. The van der Waals surface area contributed by atoms with Crippen molar-refractivity contribution in [1.82, 2.24) is 10.3 Å². The smallest absolute Gasteiger partial charge is 0.257 e. The van der Waals surface area contributed by atoms with Crippen LogP contribution in [0.2, 0.25) is 0 Å². The molecule has 1 heterocycles. The van der Waals surface area contributed by atoms with E-state index in [1.807, 2.05) is 37.3 Å². The van der Waals surface area contributed by atoms with Crippen LogP contribution in [0.5, 0.6) is 5.75 Å². The number of halogens is 1. The summed E-state index contributed by atoms with van der Waals surface area (Å²) < 4.78 is 19.5. The molecule has 0 bridgehead atoms. The molecule has 4 aromatic rings. The number of nitrogens with one attached hydrogen (secondary N) is 3. The van der Waals surface area contributed by atoms with E-state index in [0.717, 1.165) is 28.8 Å². The quantitative estimate of drug-likeness (QED) is 0.210. The monoisotopic (exact) mass is 489 g/mol. The topological polar surface area (TPSA) is 86.4 Å². The zero-order valence-corrected chi connectivity index (χ0v) is 20.8. The van der Waals surface area contributed by atoms with E-state index in [9.17, 15) is 14.3 Å². The summed E-state index contributed by atoms with van der Waals surface area (Å²) >= 11 is 0. The third-order valence-electron chi connectivity index (χ3n) is 5.80. The predicted octanol–water partition coefficient (Wildman–Crippen LogP) is 5.87. The maximum atomic E-state index is 13.7. The average Bonchev–Trinajstić information content (AvgIpc) is 3.24. The molecule has 0 saturated heterocycles. The fraction of sp³-hybridized carbons (Fsp3) is 0.276. The van der Waals surface area contributed by atoms with Gasteiger partial charge in [-0.2, -0.15) is 0 Å². The zero-order chi connectivity index (χ0) is 25.7. The van der Waals surface area contributed by atoms with Gasteiger partial charge >= 0.3 is 0 Å². The van der Waals surface area contributed by atoms with Crippen LogP contribution in [0, 0.1) is 5.82 Å². The molecule has 0 saturated carbocycles. The highest BCUT2D eigenvalue weighted by atomic mass is 19.1. The lowest BCUT2D eigenvalue weighted by Crippen LogP contribution is -2.36. The Balaban J connectivity index is 1.54. The lowest BCUT2D eigenvalue weighted by Gasteiger charge is -2.16. The van der Waals surface area contributed by atoms with Crippen molar-refractivity contribution >= 4 is 22.5 Å². The van der Waals surface area contributed by atoms with E-state index in [2.05, 4.69) is 29.5 Å². The molecule has 0 spiro atoms. The normalized spacial score (nSPS) is 12.1. The van der Waals surface area contributed by atoms with Gasteiger partial charge in [0.15, 0.2) is 0 Å². The van der Waals surface area contributed by atoms with Crippen LogP contribution in [0.4, 0.5) is 10.1 Å². The van der Waals surface area contributed by atoms with Crippen molar-refractivity contribution in [2.45, 2.75) is 45.9 Å². The minimum absolute atomic E-state index is 0.129. The molecule has 6 nitrogen and oxygen atoms in total. The summed E-state index contributed by atoms with van der Waals surface area (Å²) in [5.41, 5.74) is 4.67. The van der Waals surface area contributed by atoms with Crippen LogP contribution in [0.3, 0.4) is 0 Å². The molecular weight excluding hydrogens is 457 g/mol. The molecule has 0 radical (unpaired) electrons. The molecule has 0 aliphatic heterocycles. The molecule has 1 amide bonds. The first-order valence-electron chi connectivity index (χ1n) is 12.2. The number of hydrogen-bond donors (Lipinski definition) is 4. The molecule has 36 heavy (non-hydrogen) atoms. The Kier molecular flexibility index (Phi) is 7.90. The van der Waals surface area contributed by atoms with Gasteiger partial charge in [0.1, 0.15) is 17.8 Å². The standard InChI is InChI=1S/C29H32FN3O3/c1-4-13-36-27-12-7-20(19-5-9-23(10-6-19)32-18(2)3)14-25(27)29(35)33-28(34)15-21-17-31-26-11-8-22(30)16-24(21)26/h5-12,14,16-18,28,31-32,34H,4,13,15H2,1-3H3,(H,33,35). The lowest BCUT2D eigenvalue weighted by molar-refractivity contribution is 0.0782. The molecule has 4 N–H and O–H groups in total. The summed E-state index contributed by atoms with van der Waals surface area (Å²) in [5.74, 6) is -0.346. The maximum absolute atomic E-state index is 13.7. The maximum Gasteiger partial charge on any atom is 0.257 e. The first-order chi connectivity index (χ1) is 17.3. The van der Waals surface area contributed by atoms with Crippen LogP contribution in [0.25, 0.3) is 22.0 Å². The van der Waals surface area contributed by atoms with Gasteiger partial charge in [0.25, 0.3) is 5.91 Å². The Morgan fingerprint density at radius 1 is 1.06 bits per heavy atom. The number of amides is 1. The second kappa shape index (κ2) is 11.3. The van der Waals surface area contributed by atoms with Gasteiger partial charge in [-0.15, -0.1) is 0 Å². The zero-order valence-electron chi connectivity index (χ0n) is 20.8. The van der Waals surface area contributed by atoms with E-state index in [-0.39, 0.29) is 12.2 Å². The molecule has 0 fully saturated rings. The third kappa shape index (κ3) is 6.04. The van der Waals surface area contributed by atoms with Crippen molar-refractivity contribution < 1.29 is 19.0 Å². The number of H-pyrrole nitrogens is 1. The first-order valence-corrected chi connectivity index (χ1v) is 12.2.